The third kappa shape index (κ3) is 1.88. The monoisotopic (exact) mass is 225 g/mol. The molecule has 1 aliphatic carbocycles. The van der Waals surface area contributed by atoms with Gasteiger partial charge in [0.25, 0.3) is 0 Å². The molecule has 3 rings (SSSR count). The lowest BCUT2D eigenvalue weighted by atomic mass is 10.2. The normalized spacial score (nSPS) is 17.8. The molecule has 2 aromatic rings. The van der Waals surface area contributed by atoms with Gasteiger partial charge >= 0.3 is 0 Å². The third-order valence-electron chi connectivity index (χ3n) is 3.33. The van der Waals surface area contributed by atoms with Crippen molar-refractivity contribution in [2.24, 2.45) is 0 Å². The number of aromatic nitrogens is 2. The summed E-state index contributed by atoms with van der Waals surface area (Å²) in [6.45, 7) is 2.10. The van der Waals surface area contributed by atoms with E-state index in [2.05, 4.69) is 28.3 Å². The van der Waals surface area contributed by atoms with Crippen molar-refractivity contribution in [1.82, 2.24) is 9.97 Å². The van der Waals surface area contributed by atoms with E-state index in [0.717, 1.165) is 18.5 Å². The van der Waals surface area contributed by atoms with Crippen molar-refractivity contribution >= 4 is 5.69 Å². The number of hydrogen-bond acceptors (Lipinski definition) is 3. The van der Waals surface area contributed by atoms with E-state index >= 15 is 0 Å². The Morgan fingerprint density at radius 3 is 3.12 bits per heavy atom. The molecule has 0 aliphatic heterocycles. The topological polar surface area (TPSA) is 37.8 Å². The summed E-state index contributed by atoms with van der Waals surface area (Å²) in [6, 6.07) is 6.53. The van der Waals surface area contributed by atoms with Crippen LogP contribution in [-0.2, 0) is 6.42 Å². The average molecular weight is 225 g/mol. The summed E-state index contributed by atoms with van der Waals surface area (Å²) in [6.07, 6.45) is 7.80. The second kappa shape index (κ2) is 4.17. The minimum Gasteiger partial charge on any atom is -0.375 e. The Morgan fingerprint density at radius 1 is 1.29 bits per heavy atom. The fraction of sp³-hybridized carbons (Fsp3) is 0.286. The Kier molecular flexibility index (Phi) is 2.52. The number of nitrogens with zero attached hydrogens (tertiary/aromatic N) is 2. The maximum absolute atomic E-state index is 4.48. The first-order valence-corrected chi connectivity index (χ1v) is 5.95. The highest BCUT2D eigenvalue weighted by Gasteiger charge is 2.23. The van der Waals surface area contributed by atoms with Gasteiger partial charge in [-0.25, -0.2) is 0 Å². The van der Waals surface area contributed by atoms with Crippen LogP contribution in [0.5, 0.6) is 0 Å². The molecule has 0 aromatic carbocycles. The highest BCUT2D eigenvalue weighted by atomic mass is 15.0. The molecule has 2 aromatic heterocycles. The Balaban J connectivity index is 1.87. The van der Waals surface area contributed by atoms with Gasteiger partial charge in [0.05, 0.1) is 23.6 Å². The van der Waals surface area contributed by atoms with Gasteiger partial charge in [-0.2, -0.15) is 0 Å². The number of rotatable bonds is 2. The number of anilines is 1. The SMILES string of the molecule is Cc1ccncc1NC1CCc2cccnc21. The van der Waals surface area contributed by atoms with Gasteiger partial charge in [-0.1, -0.05) is 6.07 Å². The van der Waals surface area contributed by atoms with Crippen LogP contribution >= 0.6 is 0 Å². The van der Waals surface area contributed by atoms with Crippen LogP contribution in [0.4, 0.5) is 5.69 Å². The maximum Gasteiger partial charge on any atom is 0.0691 e. The molecule has 1 N–H and O–H groups in total. The van der Waals surface area contributed by atoms with Crippen LogP contribution in [0.15, 0.2) is 36.8 Å². The Morgan fingerprint density at radius 2 is 2.24 bits per heavy atom. The van der Waals surface area contributed by atoms with Gasteiger partial charge in [-0.3, -0.25) is 9.97 Å². The summed E-state index contributed by atoms with van der Waals surface area (Å²) < 4.78 is 0. The lowest BCUT2D eigenvalue weighted by Gasteiger charge is -2.15. The first-order valence-electron chi connectivity index (χ1n) is 5.95. The quantitative estimate of drug-likeness (QED) is 0.854. The summed E-state index contributed by atoms with van der Waals surface area (Å²) in [5.74, 6) is 0. The van der Waals surface area contributed by atoms with Crippen molar-refractivity contribution in [1.29, 1.82) is 0 Å². The molecule has 1 aliphatic rings. The second-order valence-electron chi connectivity index (χ2n) is 4.47. The molecule has 0 bridgehead atoms. The average Bonchev–Trinajstić information content (AvgIpc) is 2.76. The number of hydrogen-bond donors (Lipinski definition) is 1. The summed E-state index contributed by atoms with van der Waals surface area (Å²) in [4.78, 5) is 8.64. The number of pyridine rings is 2. The zero-order valence-corrected chi connectivity index (χ0v) is 9.85. The number of nitrogens with one attached hydrogen (secondary N) is 1. The van der Waals surface area contributed by atoms with Crippen LogP contribution < -0.4 is 5.32 Å². The van der Waals surface area contributed by atoms with Crippen molar-refractivity contribution in [2.45, 2.75) is 25.8 Å². The molecule has 0 radical (unpaired) electrons. The predicted octanol–water partition coefficient (Wildman–Crippen LogP) is 2.88. The Bertz CT molecular complexity index is 536. The number of aryl methyl sites for hydroxylation is 2. The van der Waals surface area contributed by atoms with Gasteiger partial charge in [0, 0.05) is 12.4 Å². The van der Waals surface area contributed by atoms with Crippen molar-refractivity contribution in [3.8, 4) is 0 Å². The molecule has 3 nitrogen and oxygen atoms in total. The first kappa shape index (κ1) is 10.3. The smallest absolute Gasteiger partial charge is 0.0691 e. The molecule has 1 atom stereocenters. The van der Waals surface area contributed by atoms with Crippen LogP contribution in [0.25, 0.3) is 0 Å². The van der Waals surface area contributed by atoms with Gasteiger partial charge in [0.2, 0.25) is 0 Å². The highest BCUT2D eigenvalue weighted by molar-refractivity contribution is 5.50. The lowest BCUT2D eigenvalue weighted by Crippen LogP contribution is -2.09. The molecule has 0 saturated heterocycles. The van der Waals surface area contributed by atoms with Crippen molar-refractivity contribution < 1.29 is 0 Å². The van der Waals surface area contributed by atoms with Crippen molar-refractivity contribution in [2.75, 3.05) is 5.32 Å². The standard InChI is InChI=1S/C14H15N3/c1-10-6-8-15-9-13(10)17-12-5-4-11-3-2-7-16-14(11)12/h2-3,6-9,12,17H,4-5H2,1H3. The van der Waals surface area contributed by atoms with Crippen molar-refractivity contribution in [3.63, 3.8) is 0 Å². The largest absolute Gasteiger partial charge is 0.375 e. The van der Waals surface area contributed by atoms with E-state index < -0.39 is 0 Å². The summed E-state index contributed by atoms with van der Waals surface area (Å²) in [7, 11) is 0. The van der Waals surface area contributed by atoms with E-state index in [-0.39, 0.29) is 0 Å². The highest BCUT2D eigenvalue weighted by Crippen LogP contribution is 2.32. The van der Waals surface area contributed by atoms with Gasteiger partial charge < -0.3 is 5.32 Å². The van der Waals surface area contributed by atoms with Crippen LogP contribution in [0.3, 0.4) is 0 Å². The van der Waals surface area contributed by atoms with Crippen LogP contribution in [-0.4, -0.2) is 9.97 Å². The van der Waals surface area contributed by atoms with Crippen molar-refractivity contribution in [3.05, 3.63) is 53.6 Å². The summed E-state index contributed by atoms with van der Waals surface area (Å²) in [5.41, 5.74) is 4.89. The van der Waals surface area contributed by atoms with Crippen LogP contribution in [0.1, 0.15) is 29.3 Å². The molecule has 86 valence electrons. The van der Waals surface area contributed by atoms with Gasteiger partial charge in [0.1, 0.15) is 0 Å². The fourth-order valence-electron chi connectivity index (χ4n) is 2.36. The molecule has 17 heavy (non-hydrogen) atoms. The molecule has 2 heterocycles. The Hall–Kier alpha value is -1.90. The predicted molar refractivity (Wildman–Crippen MR) is 67.9 cm³/mol. The lowest BCUT2D eigenvalue weighted by molar-refractivity contribution is 0.744. The number of fused-ring (bicyclic) bond motifs is 1. The second-order valence-corrected chi connectivity index (χ2v) is 4.47. The fourth-order valence-corrected chi connectivity index (χ4v) is 2.36. The first-order chi connectivity index (χ1) is 8.34. The van der Waals surface area contributed by atoms with Crippen LogP contribution in [0.2, 0.25) is 0 Å². The van der Waals surface area contributed by atoms with E-state index in [9.17, 15) is 0 Å². The van der Waals surface area contributed by atoms with E-state index in [1.54, 1.807) is 0 Å². The van der Waals surface area contributed by atoms with Gasteiger partial charge in [-0.05, 0) is 43.0 Å². The maximum atomic E-state index is 4.48. The summed E-state index contributed by atoms with van der Waals surface area (Å²) >= 11 is 0. The Labute approximate surface area is 101 Å². The molecular formula is C14H15N3. The van der Waals surface area contributed by atoms with Gasteiger partial charge in [0.15, 0.2) is 0 Å². The molecule has 0 saturated carbocycles. The molecule has 0 spiro atoms. The van der Waals surface area contributed by atoms with Crippen LogP contribution in [0, 0.1) is 6.92 Å². The van der Waals surface area contributed by atoms with Gasteiger partial charge in [-0.15, -0.1) is 0 Å². The summed E-state index contributed by atoms with van der Waals surface area (Å²) in [5, 5.41) is 3.54. The molecule has 3 heteroatoms. The third-order valence-corrected chi connectivity index (χ3v) is 3.33. The molecule has 0 amide bonds. The molecular weight excluding hydrogens is 210 g/mol. The van der Waals surface area contributed by atoms with E-state index in [4.69, 9.17) is 0 Å². The minimum atomic E-state index is 0.328. The van der Waals surface area contributed by atoms with E-state index in [1.807, 2.05) is 30.7 Å². The zero-order chi connectivity index (χ0) is 11.7. The molecule has 1 unspecified atom stereocenters. The molecule has 0 fully saturated rings. The zero-order valence-electron chi connectivity index (χ0n) is 9.85. The minimum absolute atomic E-state index is 0.328. The van der Waals surface area contributed by atoms with E-state index in [0.29, 0.717) is 6.04 Å². The van der Waals surface area contributed by atoms with E-state index in [1.165, 1.54) is 16.8 Å².